The lowest BCUT2D eigenvalue weighted by Gasteiger charge is -2.23. The number of halogens is 2. The van der Waals surface area contributed by atoms with Crippen molar-refractivity contribution in [2.24, 2.45) is 0 Å². The predicted octanol–water partition coefficient (Wildman–Crippen LogP) is 2.14. The molecule has 15 heavy (non-hydrogen) atoms. The summed E-state index contributed by atoms with van der Waals surface area (Å²) in [5.41, 5.74) is 0.159. The topological polar surface area (TPSA) is 38.3 Å². The summed E-state index contributed by atoms with van der Waals surface area (Å²) in [6.45, 7) is 0.215. The number of ether oxygens (including phenoxy) is 1. The molecule has 0 aromatic heterocycles. The predicted molar refractivity (Wildman–Crippen MR) is 48.2 cm³/mol. The quantitative estimate of drug-likeness (QED) is 0.776. The van der Waals surface area contributed by atoms with Gasteiger partial charge < -0.3 is 10.1 Å². The Morgan fingerprint density at radius 3 is 2.93 bits per heavy atom. The number of rotatable bonds is 1. The standard InChI is InChI=1S/C10H9F2NO2/c11-7-3-1-2-6(9(7)12)8-4-5-15-10(14)13-8/h1-3,8H,4-5H2,(H,13,14)/t8-/m1/s1. The summed E-state index contributed by atoms with van der Waals surface area (Å²) in [5, 5.41) is 2.43. The highest BCUT2D eigenvalue weighted by Gasteiger charge is 2.24. The number of carbonyl (C=O) groups excluding carboxylic acids is 1. The monoisotopic (exact) mass is 213 g/mol. The Kier molecular flexibility index (Phi) is 2.53. The highest BCUT2D eigenvalue weighted by atomic mass is 19.2. The third-order valence-corrected chi connectivity index (χ3v) is 2.29. The van der Waals surface area contributed by atoms with Gasteiger partial charge in [0.25, 0.3) is 0 Å². The fourth-order valence-corrected chi connectivity index (χ4v) is 1.55. The first-order valence-electron chi connectivity index (χ1n) is 4.55. The van der Waals surface area contributed by atoms with E-state index in [4.69, 9.17) is 0 Å². The normalized spacial score (nSPS) is 20.7. The van der Waals surface area contributed by atoms with Crippen molar-refractivity contribution in [3.8, 4) is 0 Å². The van der Waals surface area contributed by atoms with Crippen molar-refractivity contribution in [3.05, 3.63) is 35.4 Å². The summed E-state index contributed by atoms with van der Waals surface area (Å²) in [6, 6.07) is 3.39. The highest BCUT2D eigenvalue weighted by Crippen LogP contribution is 2.24. The number of cyclic esters (lactones) is 1. The average molecular weight is 213 g/mol. The second-order valence-corrected chi connectivity index (χ2v) is 3.26. The van der Waals surface area contributed by atoms with Crippen molar-refractivity contribution in [1.29, 1.82) is 0 Å². The molecule has 1 aromatic rings. The molecule has 0 saturated carbocycles. The molecule has 1 fully saturated rings. The van der Waals surface area contributed by atoms with Gasteiger partial charge in [0.2, 0.25) is 0 Å². The second kappa shape index (κ2) is 3.84. The fourth-order valence-electron chi connectivity index (χ4n) is 1.55. The van der Waals surface area contributed by atoms with Gasteiger partial charge in [-0.05, 0) is 6.07 Å². The van der Waals surface area contributed by atoms with Gasteiger partial charge in [-0.2, -0.15) is 0 Å². The van der Waals surface area contributed by atoms with Crippen molar-refractivity contribution in [2.75, 3.05) is 6.61 Å². The van der Waals surface area contributed by atoms with Crippen molar-refractivity contribution in [2.45, 2.75) is 12.5 Å². The molecule has 1 heterocycles. The first-order valence-corrected chi connectivity index (χ1v) is 4.55. The van der Waals surface area contributed by atoms with Crippen LogP contribution < -0.4 is 5.32 Å². The lowest BCUT2D eigenvalue weighted by molar-refractivity contribution is 0.115. The second-order valence-electron chi connectivity index (χ2n) is 3.26. The molecule has 2 rings (SSSR count). The summed E-state index contributed by atoms with van der Waals surface area (Å²) >= 11 is 0. The summed E-state index contributed by atoms with van der Waals surface area (Å²) < 4.78 is 30.9. The van der Waals surface area contributed by atoms with Gasteiger partial charge in [-0.1, -0.05) is 12.1 Å². The maximum atomic E-state index is 13.3. The molecule has 0 spiro atoms. The van der Waals surface area contributed by atoms with Crippen LogP contribution in [0.1, 0.15) is 18.0 Å². The van der Waals surface area contributed by atoms with E-state index < -0.39 is 23.8 Å². The van der Waals surface area contributed by atoms with Gasteiger partial charge in [0, 0.05) is 12.0 Å². The molecular weight excluding hydrogens is 204 g/mol. The number of benzene rings is 1. The number of nitrogens with one attached hydrogen (secondary N) is 1. The highest BCUT2D eigenvalue weighted by molar-refractivity contribution is 5.68. The molecule has 80 valence electrons. The molecule has 1 amide bonds. The van der Waals surface area contributed by atoms with Gasteiger partial charge in [0.05, 0.1) is 12.6 Å². The van der Waals surface area contributed by atoms with E-state index in [1.807, 2.05) is 0 Å². The summed E-state index contributed by atoms with van der Waals surface area (Å²) in [6.07, 6.45) is -0.165. The minimum absolute atomic E-state index is 0.159. The molecular formula is C10H9F2NO2. The van der Waals surface area contributed by atoms with Crippen LogP contribution in [-0.2, 0) is 4.74 Å². The van der Waals surface area contributed by atoms with E-state index in [9.17, 15) is 13.6 Å². The Bertz CT molecular complexity index is 395. The summed E-state index contributed by atoms with van der Waals surface area (Å²) in [5.74, 6) is -1.82. The smallest absolute Gasteiger partial charge is 0.407 e. The van der Waals surface area contributed by atoms with E-state index in [1.165, 1.54) is 12.1 Å². The van der Waals surface area contributed by atoms with Gasteiger partial charge in [-0.25, -0.2) is 13.6 Å². The Labute approximate surface area is 85.0 Å². The first kappa shape index (κ1) is 9.89. The average Bonchev–Trinajstić information content (AvgIpc) is 2.22. The van der Waals surface area contributed by atoms with Crippen molar-refractivity contribution >= 4 is 6.09 Å². The molecule has 0 unspecified atom stereocenters. The Balaban J connectivity index is 2.28. The SMILES string of the molecule is O=C1N[C@@H](c2cccc(F)c2F)CCO1. The molecule has 0 bridgehead atoms. The van der Waals surface area contributed by atoms with Crippen LogP contribution in [0.5, 0.6) is 0 Å². The van der Waals surface area contributed by atoms with Crippen LogP contribution >= 0.6 is 0 Å². The first-order chi connectivity index (χ1) is 7.18. The van der Waals surface area contributed by atoms with E-state index in [-0.39, 0.29) is 12.2 Å². The Morgan fingerprint density at radius 2 is 2.20 bits per heavy atom. The zero-order chi connectivity index (χ0) is 10.8. The number of alkyl carbamates (subject to hydrolysis) is 1. The molecule has 1 aliphatic heterocycles. The molecule has 5 heteroatoms. The maximum Gasteiger partial charge on any atom is 0.407 e. The van der Waals surface area contributed by atoms with Gasteiger partial charge in [-0.3, -0.25) is 0 Å². The van der Waals surface area contributed by atoms with Crippen molar-refractivity contribution < 1.29 is 18.3 Å². The number of hydrogen-bond acceptors (Lipinski definition) is 2. The van der Waals surface area contributed by atoms with E-state index in [1.54, 1.807) is 0 Å². The third-order valence-electron chi connectivity index (χ3n) is 2.29. The van der Waals surface area contributed by atoms with E-state index in [0.717, 1.165) is 6.07 Å². The van der Waals surface area contributed by atoms with Crippen LogP contribution in [0, 0.1) is 11.6 Å². The fraction of sp³-hybridized carbons (Fsp3) is 0.300. The van der Waals surface area contributed by atoms with Crippen LogP contribution in [0.4, 0.5) is 13.6 Å². The minimum atomic E-state index is -0.912. The van der Waals surface area contributed by atoms with E-state index in [0.29, 0.717) is 6.42 Å². The molecule has 1 N–H and O–H groups in total. The molecule has 1 aromatic carbocycles. The zero-order valence-corrected chi connectivity index (χ0v) is 7.80. The summed E-state index contributed by atoms with van der Waals surface area (Å²) in [4.78, 5) is 10.9. The van der Waals surface area contributed by atoms with Crippen LogP contribution in [0.2, 0.25) is 0 Å². The van der Waals surface area contributed by atoms with Crippen LogP contribution in [0.3, 0.4) is 0 Å². The molecule has 1 aliphatic rings. The third kappa shape index (κ3) is 1.91. The van der Waals surface area contributed by atoms with Gasteiger partial charge in [0.1, 0.15) is 0 Å². The lowest BCUT2D eigenvalue weighted by Crippen LogP contribution is -2.35. The molecule has 0 radical (unpaired) electrons. The molecule has 0 aliphatic carbocycles. The molecule has 1 atom stereocenters. The number of hydrogen-bond donors (Lipinski definition) is 1. The maximum absolute atomic E-state index is 13.3. The van der Waals surface area contributed by atoms with Gasteiger partial charge in [-0.15, -0.1) is 0 Å². The van der Waals surface area contributed by atoms with Crippen LogP contribution in [0.15, 0.2) is 18.2 Å². The molecule has 1 saturated heterocycles. The van der Waals surface area contributed by atoms with Gasteiger partial charge >= 0.3 is 6.09 Å². The summed E-state index contributed by atoms with van der Waals surface area (Å²) in [7, 11) is 0. The minimum Gasteiger partial charge on any atom is -0.449 e. The Hall–Kier alpha value is -1.65. The largest absolute Gasteiger partial charge is 0.449 e. The van der Waals surface area contributed by atoms with Crippen molar-refractivity contribution in [3.63, 3.8) is 0 Å². The lowest BCUT2D eigenvalue weighted by atomic mass is 10.0. The van der Waals surface area contributed by atoms with E-state index in [2.05, 4.69) is 10.1 Å². The van der Waals surface area contributed by atoms with Crippen LogP contribution in [-0.4, -0.2) is 12.7 Å². The van der Waals surface area contributed by atoms with Crippen LogP contribution in [0.25, 0.3) is 0 Å². The number of amides is 1. The Morgan fingerprint density at radius 1 is 1.40 bits per heavy atom. The van der Waals surface area contributed by atoms with Gasteiger partial charge in [0.15, 0.2) is 11.6 Å². The number of carbonyl (C=O) groups is 1. The van der Waals surface area contributed by atoms with E-state index >= 15 is 0 Å². The zero-order valence-electron chi connectivity index (χ0n) is 7.80. The van der Waals surface area contributed by atoms with Crippen molar-refractivity contribution in [1.82, 2.24) is 5.32 Å². The molecule has 3 nitrogen and oxygen atoms in total.